The molecule has 1 saturated carbocycles. The van der Waals surface area contributed by atoms with Crippen LogP contribution < -0.4 is 10.1 Å². The molecule has 4 heteroatoms. The van der Waals surface area contributed by atoms with Crippen molar-refractivity contribution in [2.45, 2.75) is 51.6 Å². The molecule has 21 heavy (non-hydrogen) atoms. The first-order valence-electron chi connectivity index (χ1n) is 7.89. The summed E-state index contributed by atoms with van der Waals surface area (Å²) in [4.78, 5) is 12.2. The number of ether oxygens (including phenoxy) is 1. The van der Waals surface area contributed by atoms with Gasteiger partial charge >= 0.3 is 0 Å². The predicted molar refractivity (Wildman–Crippen MR) is 80.7 cm³/mol. The maximum Gasteiger partial charge on any atom is 0.261 e. The maximum absolute atomic E-state index is 13.6. The van der Waals surface area contributed by atoms with Crippen molar-refractivity contribution in [3.05, 3.63) is 30.1 Å². The average molecular weight is 293 g/mol. The van der Waals surface area contributed by atoms with Gasteiger partial charge in [0.1, 0.15) is 0 Å². The Balaban J connectivity index is 1.85. The quantitative estimate of drug-likeness (QED) is 0.869. The van der Waals surface area contributed by atoms with Gasteiger partial charge in [-0.15, -0.1) is 0 Å². The van der Waals surface area contributed by atoms with Crippen molar-refractivity contribution in [3.8, 4) is 5.75 Å². The lowest BCUT2D eigenvalue weighted by Crippen LogP contribution is -2.40. The summed E-state index contributed by atoms with van der Waals surface area (Å²) in [5, 5.41) is 2.96. The SMILES string of the molecule is CC[C@H](Oc1ccccc1F)C(=O)NCC1CCCCC1. The molecule has 0 radical (unpaired) electrons. The van der Waals surface area contributed by atoms with E-state index in [0.717, 1.165) is 0 Å². The molecule has 1 amide bonds. The number of carbonyl (C=O) groups is 1. The summed E-state index contributed by atoms with van der Waals surface area (Å²) in [7, 11) is 0. The Bertz CT molecular complexity index is 458. The van der Waals surface area contributed by atoms with E-state index in [1.54, 1.807) is 18.2 Å². The zero-order valence-corrected chi connectivity index (χ0v) is 12.6. The number of halogens is 1. The molecule has 116 valence electrons. The highest BCUT2D eigenvalue weighted by atomic mass is 19.1. The number of nitrogens with one attached hydrogen (secondary N) is 1. The molecule has 1 aromatic carbocycles. The Hall–Kier alpha value is -1.58. The molecule has 1 fully saturated rings. The second-order valence-corrected chi connectivity index (χ2v) is 5.69. The standard InChI is InChI=1S/C17H24FNO2/c1-2-15(21-16-11-7-6-10-14(16)18)17(20)19-12-13-8-4-3-5-9-13/h6-7,10-11,13,15H,2-5,8-9,12H2,1H3,(H,19,20)/t15-/m0/s1. The number of hydrogen-bond acceptors (Lipinski definition) is 2. The number of para-hydroxylation sites is 1. The molecule has 2 rings (SSSR count). The van der Waals surface area contributed by atoms with Crippen molar-refractivity contribution in [1.29, 1.82) is 0 Å². The first-order chi connectivity index (χ1) is 10.2. The van der Waals surface area contributed by atoms with Crippen LogP contribution in [0.4, 0.5) is 4.39 Å². The summed E-state index contributed by atoms with van der Waals surface area (Å²) in [6.45, 7) is 2.57. The van der Waals surface area contributed by atoms with E-state index in [4.69, 9.17) is 4.74 Å². The fourth-order valence-electron chi connectivity index (χ4n) is 2.77. The summed E-state index contributed by atoms with van der Waals surface area (Å²) in [5.74, 6) is 0.133. The molecule has 0 heterocycles. The Morgan fingerprint density at radius 3 is 2.71 bits per heavy atom. The van der Waals surface area contributed by atoms with Gasteiger partial charge in [0.15, 0.2) is 17.7 Å². The summed E-state index contributed by atoms with van der Waals surface area (Å²) in [5.41, 5.74) is 0. The van der Waals surface area contributed by atoms with Crippen LogP contribution in [0.3, 0.4) is 0 Å². The van der Waals surface area contributed by atoms with Gasteiger partial charge in [0.2, 0.25) is 0 Å². The number of amides is 1. The zero-order chi connectivity index (χ0) is 15.1. The monoisotopic (exact) mass is 293 g/mol. The Morgan fingerprint density at radius 2 is 2.05 bits per heavy atom. The third-order valence-electron chi connectivity index (χ3n) is 4.06. The van der Waals surface area contributed by atoms with Gasteiger partial charge in [-0.05, 0) is 37.3 Å². The van der Waals surface area contributed by atoms with Gasteiger partial charge in [0, 0.05) is 6.54 Å². The maximum atomic E-state index is 13.6. The molecular formula is C17H24FNO2. The topological polar surface area (TPSA) is 38.3 Å². The number of benzene rings is 1. The van der Waals surface area contributed by atoms with E-state index in [0.29, 0.717) is 18.9 Å². The van der Waals surface area contributed by atoms with Gasteiger partial charge in [0.05, 0.1) is 0 Å². The summed E-state index contributed by atoms with van der Waals surface area (Å²) >= 11 is 0. The Kier molecular flexibility index (Phi) is 6.03. The minimum atomic E-state index is -0.634. The largest absolute Gasteiger partial charge is 0.478 e. The molecule has 1 aliphatic rings. The highest BCUT2D eigenvalue weighted by molar-refractivity contribution is 5.81. The van der Waals surface area contributed by atoms with E-state index in [1.165, 1.54) is 38.2 Å². The molecule has 1 aliphatic carbocycles. The van der Waals surface area contributed by atoms with Gasteiger partial charge in [-0.3, -0.25) is 4.79 Å². The van der Waals surface area contributed by atoms with Gasteiger partial charge in [-0.1, -0.05) is 38.3 Å². The lowest BCUT2D eigenvalue weighted by atomic mass is 9.89. The third-order valence-corrected chi connectivity index (χ3v) is 4.06. The van der Waals surface area contributed by atoms with E-state index in [1.807, 2.05) is 6.92 Å². The van der Waals surface area contributed by atoms with E-state index >= 15 is 0 Å². The normalized spacial score (nSPS) is 17.2. The molecule has 0 aromatic heterocycles. The number of carbonyl (C=O) groups excluding carboxylic acids is 1. The van der Waals surface area contributed by atoms with Crippen LogP contribution in [0.1, 0.15) is 45.4 Å². The molecule has 1 aromatic rings. The summed E-state index contributed by atoms with van der Waals surface area (Å²) in [6, 6.07) is 6.19. The van der Waals surface area contributed by atoms with E-state index in [2.05, 4.69) is 5.32 Å². The third kappa shape index (κ3) is 4.73. The van der Waals surface area contributed by atoms with Crippen LogP contribution in [0.5, 0.6) is 5.75 Å². The minimum Gasteiger partial charge on any atom is -0.478 e. The molecule has 1 atom stereocenters. The van der Waals surface area contributed by atoms with Crippen LogP contribution in [0.25, 0.3) is 0 Å². The van der Waals surface area contributed by atoms with Crippen molar-refractivity contribution in [1.82, 2.24) is 5.32 Å². The second-order valence-electron chi connectivity index (χ2n) is 5.69. The van der Waals surface area contributed by atoms with Gasteiger partial charge in [-0.25, -0.2) is 4.39 Å². The molecule has 3 nitrogen and oxygen atoms in total. The van der Waals surface area contributed by atoms with Crippen LogP contribution in [-0.2, 0) is 4.79 Å². The number of hydrogen-bond donors (Lipinski definition) is 1. The Morgan fingerprint density at radius 1 is 1.33 bits per heavy atom. The first-order valence-corrected chi connectivity index (χ1v) is 7.89. The fraction of sp³-hybridized carbons (Fsp3) is 0.588. The predicted octanol–water partition coefficient (Wildman–Crippen LogP) is 3.68. The highest BCUT2D eigenvalue weighted by Crippen LogP contribution is 2.23. The van der Waals surface area contributed by atoms with E-state index in [-0.39, 0.29) is 11.7 Å². The van der Waals surface area contributed by atoms with Crippen LogP contribution >= 0.6 is 0 Å². The number of rotatable bonds is 6. The molecule has 1 N–H and O–H groups in total. The van der Waals surface area contributed by atoms with Gasteiger partial charge in [0.25, 0.3) is 5.91 Å². The molecule has 0 saturated heterocycles. The minimum absolute atomic E-state index is 0.136. The van der Waals surface area contributed by atoms with E-state index in [9.17, 15) is 9.18 Å². The smallest absolute Gasteiger partial charge is 0.261 e. The van der Waals surface area contributed by atoms with Crippen molar-refractivity contribution in [2.75, 3.05) is 6.54 Å². The lowest BCUT2D eigenvalue weighted by Gasteiger charge is -2.23. The second kappa shape index (κ2) is 8.01. The average Bonchev–Trinajstić information content (AvgIpc) is 2.53. The fourth-order valence-corrected chi connectivity index (χ4v) is 2.77. The zero-order valence-electron chi connectivity index (χ0n) is 12.6. The van der Waals surface area contributed by atoms with Crippen molar-refractivity contribution in [2.24, 2.45) is 5.92 Å². The molecule has 0 spiro atoms. The van der Waals surface area contributed by atoms with Crippen LogP contribution in [0, 0.1) is 11.7 Å². The van der Waals surface area contributed by atoms with Crippen LogP contribution in [-0.4, -0.2) is 18.6 Å². The van der Waals surface area contributed by atoms with E-state index < -0.39 is 11.9 Å². The molecule has 0 aliphatic heterocycles. The summed E-state index contributed by atoms with van der Waals surface area (Å²) < 4.78 is 19.1. The summed E-state index contributed by atoms with van der Waals surface area (Å²) in [6.07, 6.45) is 6.07. The van der Waals surface area contributed by atoms with Crippen LogP contribution in [0.2, 0.25) is 0 Å². The van der Waals surface area contributed by atoms with Crippen molar-refractivity contribution >= 4 is 5.91 Å². The van der Waals surface area contributed by atoms with Crippen molar-refractivity contribution < 1.29 is 13.9 Å². The lowest BCUT2D eigenvalue weighted by molar-refractivity contribution is -0.128. The first kappa shape index (κ1) is 15.8. The molecular weight excluding hydrogens is 269 g/mol. The van der Waals surface area contributed by atoms with Crippen molar-refractivity contribution in [3.63, 3.8) is 0 Å². The highest BCUT2D eigenvalue weighted by Gasteiger charge is 2.21. The molecule has 0 bridgehead atoms. The van der Waals surface area contributed by atoms with Crippen LogP contribution in [0.15, 0.2) is 24.3 Å². The van der Waals surface area contributed by atoms with Gasteiger partial charge < -0.3 is 10.1 Å². The van der Waals surface area contributed by atoms with Gasteiger partial charge in [-0.2, -0.15) is 0 Å². The molecule has 0 unspecified atom stereocenters. The Labute approximate surface area is 125 Å².